The van der Waals surface area contributed by atoms with Gasteiger partial charge in [-0.3, -0.25) is 0 Å². The summed E-state index contributed by atoms with van der Waals surface area (Å²) in [5.41, 5.74) is 5.26. The van der Waals surface area contributed by atoms with Crippen molar-refractivity contribution in [3.8, 4) is 11.4 Å². The van der Waals surface area contributed by atoms with Crippen LogP contribution in [0.2, 0.25) is 0 Å². The van der Waals surface area contributed by atoms with Crippen molar-refractivity contribution in [2.24, 2.45) is 0 Å². The number of methoxy groups -OCH3 is 1. The van der Waals surface area contributed by atoms with Gasteiger partial charge in [0.25, 0.3) is 0 Å². The van der Waals surface area contributed by atoms with E-state index >= 15 is 0 Å². The van der Waals surface area contributed by atoms with Gasteiger partial charge in [0.2, 0.25) is 0 Å². The van der Waals surface area contributed by atoms with E-state index in [9.17, 15) is 0 Å². The van der Waals surface area contributed by atoms with E-state index in [1.807, 2.05) is 6.07 Å². The Bertz CT molecular complexity index is 536. The first-order chi connectivity index (χ1) is 8.28. The number of aromatic nitrogens is 1. The van der Waals surface area contributed by atoms with Gasteiger partial charge >= 0.3 is 0 Å². The number of hydrogen-bond donors (Lipinski definition) is 1. The SMILES string of the molecule is COc1ccc(-n2cc3c(c2)CNC3)c(C)c1. The molecule has 3 rings (SSSR count). The second kappa shape index (κ2) is 3.93. The van der Waals surface area contributed by atoms with Gasteiger partial charge in [0.05, 0.1) is 7.11 Å². The molecule has 0 spiro atoms. The van der Waals surface area contributed by atoms with Crippen molar-refractivity contribution in [2.45, 2.75) is 20.0 Å². The highest BCUT2D eigenvalue weighted by atomic mass is 16.5. The third-order valence-corrected chi connectivity index (χ3v) is 3.32. The van der Waals surface area contributed by atoms with E-state index in [1.165, 1.54) is 22.4 Å². The molecule has 0 unspecified atom stereocenters. The lowest BCUT2D eigenvalue weighted by Crippen LogP contribution is -2.03. The van der Waals surface area contributed by atoms with E-state index in [0.29, 0.717) is 0 Å². The minimum absolute atomic E-state index is 0.910. The van der Waals surface area contributed by atoms with Gasteiger partial charge in [-0.2, -0.15) is 0 Å². The van der Waals surface area contributed by atoms with Crippen LogP contribution in [0.15, 0.2) is 30.6 Å². The standard InChI is InChI=1S/C14H16N2O/c1-10-5-13(17-2)3-4-14(10)16-8-11-6-15-7-12(11)9-16/h3-5,8-9,15H,6-7H2,1-2H3. The Balaban J connectivity index is 2.03. The van der Waals surface area contributed by atoms with Gasteiger partial charge in [-0.1, -0.05) is 0 Å². The third-order valence-electron chi connectivity index (χ3n) is 3.32. The molecule has 88 valence electrons. The van der Waals surface area contributed by atoms with Crippen LogP contribution in [-0.4, -0.2) is 11.7 Å². The molecule has 0 saturated heterocycles. The average molecular weight is 228 g/mol. The lowest BCUT2D eigenvalue weighted by atomic mass is 10.2. The Morgan fingerprint density at radius 3 is 2.47 bits per heavy atom. The predicted molar refractivity (Wildman–Crippen MR) is 67.6 cm³/mol. The van der Waals surface area contributed by atoms with Crippen LogP contribution in [0.1, 0.15) is 16.7 Å². The van der Waals surface area contributed by atoms with Crippen LogP contribution in [0.3, 0.4) is 0 Å². The minimum atomic E-state index is 0.910. The summed E-state index contributed by atoms with van der Waals surface area (Å²) in [5, 5.41) is 3.35. The summed E-state index contributed by atoms with van der Waals surface area (Å²) >= 11 is 0. The molecule has 0 fully saturated rings. The number of fused-ring (bicyclic) bond motifs is 1. The summed E-state index contributed by atoms with van der Waals surface area (Å²) in [6.45, 7) is 4.08. The first-order valence-corrected chi connectivity index (χ1v) is 5.83. The second-order valence-corrected chi connectivity index (χ2v) is 4.47. The zero-order valence-corrected chi connectivity index (χ0v) is 10.2. The molecule has 1 aromatic carbocycles. The average Bonchev–Trinajstić information content (AvgIpc) is 2.89. The Hall–Kier alpha value is -1.74. The molecule has 2 aromatic rings. The fourth-order valence-electron chi connectivity index (χ4n) is 2.37. The van der Waals surface area contributed by atoms with Crippen LogP contribution in [0.5, 0.6) is 5.75 Å². The Morgan fingerprint density at radius 1 is 1.18 bits per heavy atom. The number of rotatable bonds is 2. The van der Waals surface area contributed by atoms with Crippen LogP contribution in [0.25, 0.3) is 5.69 Å². The molecule has 0 bridgehead atoms. The molecule has 1 N–H and O–H groups in total. The van der Waals surface area contributed by atoms with Crippen molar-refractivity contribution >= 4 is 0 Å². The molecular weight excluding hydrogens is 212 g/mol. The molecule has 0 radical (unpaired) electrons. The number of hydrogen-bond acceptors (Lipinski definition) is 2. The molecule has 1 aliphatic heterocycles. The molecule has 0 aliphatic carbocycles. The fourth-order valence-corrected chi connectivity index (χ4v) is 2.37. The molecule has 0 saturated carbocycles. The van der Waals surface area contributed by atoms with E-state index in [1.54, 1.807) is 7.11 Å². The number of nitrogens with one attached hydrogen (secondary N) is 1. The Labute approximate surface area is 101 Å². The highest BCUT2D eigenvalue weighted by molar-refractivity contribution is 5.47. The van der Waals surface area contributed by atoms with Gasteiger partial charge in [0, 0.05) is 31.2 Å². The van der Waals surface area contributed by atoms with Crippen LogP contribution >= 0.6 is 0 Å². The summed E-state index contributed by atoms with van der Waals surface area (Å²) < 4.78 is 7.44. The quantitative estimate of drug-likeness (QED) is 0.854. The summed E-state index contributed by atoms with van der Waals surface area (Å²) in [5.74, 6) is 0.910. The highest BCUT2D eigenvalue weighted by Gasteiger charge is 2.13. The van der Waals surface area contributed by atoms with Crippen LogP contribution in [0.4, 0.5) is 0 Å². The van der Waals surface area contributed by atoms with Crippen molar-refractivity contribution in [1.82, 2.24) is 9.88 Å². The van der Waals surface area contributed by atoms with Gasteiger partial charge in [0.1, 0.15) is 5.75 Å². The van der Waals surface area contributed by atoms with Crippen molar-refractivity contribution in [1.29, 1.82) is 0 Å². The number of aryl methyl sites for hydroxylation is 1. The largest absolute Gasteiger partial charge is 0.497 e. The van der Waals surface area contributed by atoms with Crippen molar-refractivity contribution in [2.75, 3.05) is 7.11 Å². The van der Waals surface area contributed by atoms with Crippen LogP contribution in [0, 0.1) is 6.92 Å². The topological polar surface area (TPSA) is 26.2 Å². The third kappa shape index (κ3) is 1.72. The van der Waals surface area contributed by atoms with Gasteiger partial charge in [0.15, 0.2) is 0 Å². The fraction of sp³-hybridized carbons (Fsp3) is 0.286. The van der Waals surface area contributed by atoms with E-state index < -0.39 is 0 Å². The predicted octanol–water partition coefficient (Wildman–Crippen LogP) is 2.40. The van der Waals surface area contributed by atoms with Crippen molar-refractivity contribution in [3.05, 3.63) is 47.3 Å². The first-order valence-electron chi connectivity index (χ1n) is 5.83. The van der Waals surface area contributed by atoms with Gasteiger partial charge in [-0.05, 0) is 41.8 Å². The molecule has 3 heteroatoms. The normalized spacial score (nSPS) is 13.8. The van der Waals surface area contributed by atoms with Gasteiger partial charge in [-0.25, -0.2) is 0 Å². The molecule has 0 atom stereocenters. The maximum absolute atomic E-state index is 5.23. The second-order valence-electron chi connectivity index (χ2n) is 4.47. The van der Waals surface area contributed by atoms with Gasteiger partial charge < -0.3 is 14.6 Å². The highest BCUT2D eigenvalue weighted by Crippen LogP contribution is 2.24. The molecule has 1 aromatic heterocycles. The molecule has 1 aliphatic rings. The van der Waals surface area contributed by atoms with E-state index in [2.05, 4.69) is 41.3 Å². The summed E-state index contributed by atoms with van der Waals surface area (Å²) in [6, 6.07) is 6.18. The maximum atomic E-state index is 5.23. The molecular formula is C14H16N2O. The maximum Gasteiger partial charge on any atom is 0.119 e. The van der Waals surface area contributed by atoms with E-state index in [-0.39, 0.29) is 0 Å². The summed E-state index contributed by atoms with van der Waals surface area (Å²) in [7, 11) is 1.70. The minimum Gasteiger partial charge on any atom is -0.497 e. The van der Waals surface area contributed by atoms with Crippen LogP contribution in [-0.2, 0) is 13.1 Å². The Kier molecular flexibility index (Phi) is 2.41. The first kappa shape index (κ1) is 10.4. The number of benzene rings is 1. The zero-order valence-electron chi connectivity index (χ0n) is 10.2. The van der Waals surface area contributed by atoms with E-state index in [4.69, 9.17) is 4.74 Å². The number of ether oxygens (including phenoxy) is 1. The van der Waals surface area contributed by atoms with Crippen molar-refractivity contribution < 1.29 is 4.74 Å². The molecule has 2 heterocycles. The molecule has 0 amide bonds. The smallest absolute Gasteiger partial charge is 0.119 e. The molecule has 17 heavy (non-hydrogen) atoms. The summed E-state index contributed by atoms with van der Waals surface area (Å²) in [6.07, 6.45) is 4.42. The van der Waals surface area contributed by atoms with Crippen molar-refractivity contribution in [3.63, 3.8) is 0 Å². The van der Waals surface area contributed by atoms with Crippen LogP contribution < -0.4 is 10.1 Å². The zero-order chi connectivity index (χ0) is 11.8. The number of nitrogens with zero attached hydrogens (tertiary/aromatic N) is 1. The van der Waals surface area contributed by atoms with E-state index in [0.717, 1.165) is 18.8 Å². The van der Waals surface area contributed by atoms with Gasteiger partial charge in [-0.15, -0.1) is 0 Å². The lowest BCUT2D eigenvalue weighted by molar-refractivity contribution is 0.414. The Morgan fingerprint density at radius 2 is 1.88 bits per heavy atom. The monoisotopic (exact) mass is 228 g/mol. The molecule has 3 nitrogen and oxygen atoms in total. The summed E-state index contributed by atoms with van der Waals surface area (Å²) in [4.78, 5) is 0. The lowest BCUT2D eigenvalue weighted by Gasteiger charge is -2.09.